The minimum absolute atomic E-state index is 0.212. The van der Waals surface area contributed by atoms with E-state index in [1.54, 1.807) is 0 Å². The maximum Gasteiger partial charge on any atom is 0.220 e. The number of hydrogen-bond donors (Lipinski definition) is 2. The van der Waals surface area contributed by atoms with Gasteiger partial charge in [0.25, 0.3) is 0 Å². The van der Waals surface area contributed by atoms with Crippen LogP contribution in [-0.2, 0) is 4.79 Å². The van der Waals surface area contributed by atoms with Crippen LogP contribution in [0.1, 0.15) is 32.6 Å². The van der Waals surface area contributed by atoms with Crippen LogP contribution in [0.2, 0.25) is 0 Å². The van der Waals surface area contributed by atoms with Gasteiger partial charge in [0.15, 0.2) is 0 Å². The van der Waals surface area contributed by atoms with Gasteiger partial charge >= 0.3 is 0 Å². The average Bonchev–Trinajstić information content (AvgIpc) is 2.31. The van der Waals surface area contributed by atoms with E-state index in [9.17, 15) is 4.79 Å². The number of rotatable bonds is 7. The molecule has 1 saturated heterocycles. The molecule has 0 aromatic carbocycles. The van der Waals surface area contributed by atoms with E-state index in [0.717, 1.165) is 52.1 Å². The van der Waals surface area contributed by atoms with E-state index in [2.05, 4.69) is 22.5 Å². The molecule has 4 heteroatoms. The Morgan fingerprint density at radius 1 is 1.31 bits per heavy atom. The Labute approximate surface area is 98.8 Å². The molecule has 0 aromatic rings. The number of hydrogen-bond acceptors (Lipinski definition) is 3. The Hall–Kier alpha value is -0.610. The molecule has 0 saturated carbocycles. The number of nitrogens with zero attached hydrogens (tertiary/aromatic N) is 1. The first-order valence-corrected chi connectivity index (χ1v) is 6.52. The third-order valence-corrected chi connectivity index (χ3v) is 2.97. The monoisotopic (exact) mass is 227 g/mol. The van der Waals surface area contributed by atoms with E-state index in [4.69, 9.17) is 0 Å². The van der Waals surface area contributed by atoms with Gasteiger partial charge in [-0.05, 0) is 6.42 Å². The predicted molar refractivity (Wildman–Crippen MR) is 66.5 cm³/mol. The highest BCUT2D eigenvalue weighted by Crippen LogP contribution is 1.98. The van der Waals surface area contributed by atoms with Crippen molar-refractivity contribution in [3.05, 3.63) is 0 Å². The summed E-state index contributed by atoms with van der Waals surface area (Å²) in [6, 6.07) is 0. The highest BCUT2D eigenvalue weighted by atomic mass is 16.1. The number of nitrogens with one attached hydrogen (secondary N) is 2. The summed E-state index contributed by atoms with van der Waals surface area (Å²) in [6.07, 6.45) is 4.05. The first-order chi connectivity index (χ1) is 7.83. The molecule has 0 atom stereocenters. The minimum Gasteiger partial charge on any atom is -0.355 e. The van der Waals surface area contributed by atoms with E-state index in [0.29, 0.717) is 6.42 Å². The van der Waals surface area contributed by atoms with E-state index in [1.165, 1.54) is 6.42 Å². The first-order valence-electron chi connectivity index (χ1n) is 6.52. The molecule has 4 nitrogen and oxygen atoms in total. The van der Waals surface area contributed by atoms with Crippen molar-refractivity contribution in [1.82, 2.24) is 15.5 Å². The Morgan fingerprint density at radius 3 is 2.75 bits per heavy atom. The zero-order valence-electron chi connectivity index (χ0n) is 10.4. The second-order valence-electron chi connectivity index (χ2n) is 4.40. The van der Waals surface area contributed by atoms with Crippen molar-refractivity contribution < 1.29 is 4.79 Å². The van der Waals surface area contributed by atoms with Gasteiger partial charge in [0.2, 0.25) is 5.91 Å². The molecule has 1 heterocycles. The third-order valence-electron chi connectivity index (χ3n) is 2.97. The van der Waals surface area contributed by atoms with Gasteiger partial charge in [0.05, 0.1) is 0 Å². The van der Waals surface area contributed by atoms with E-state index >= 15 is 0 Å². The molecule has 0 aliphatic carbocycles. The fraction of sp³-hybridized carbons (Fsp3) is 0.917. The summed E-state index contributed by atoms with van der Waals surface area (Å²) < 4.78 is 0. The quantitative estimate of drug-likeness (QED) is 0.626. The second-order valence-corrected chi connectivity index (χ2v) is 4.40. The lowest BCUT2D eigenvalue weighted by Crippen LogP contribution is -2.46. The van der Waals surface area contributed by atoms with E-state index < -0.39 is 0 Å². The molecular weight excluding hydrogens is 202 g/mol. The van der Waals surface area contributed by atoms with E-state index in [-0.39, 0.29) is 5.91 Å². The molecule has 1 aliphatic heterocycles. The van der Waals surface area contributed by atoms with Crippen molar-refractivity contribution in [3.8, 4) is 0 Å². The molecule has 1 amide bonds. The normalized spacial score (nSPS) is 17.3. The van der Waals surface area contributed by atoms with Gasteiger partial charge in [-0.2, -0.15) is 0 Å². The van der Waals surface area contributed by atoms with Gasteiger partial charge in [-0.3, -0.25) is 9.69 Å². The lowest BCUT2D eigenvalue weighted by atomic mass is 10.2. The minimum atomic E-state index is 0.212. The molecule has 0 aromatic heterocycles. The molecule has 1 fully saturated rings. The summed E-state index contributed by atoms with van der Waals surface area (Å²) in [6.45, 7) is 8.29. The standard InChI is InChI=1S/C12H25N3O/c1-2-3-4-5-12(16)14-8-11-15-9-6-13-7-10-15/h13H,2-11H2,1H3,(H,14,16). The molecule has 16 heavy (non-hydrogen) atoms. The van der Waals surface area contributed by atoms with Gasteiger partial charge in [-0.15, -0.1) is 0 Å². The predicted octanol–water partition coefficient (Wildman–Crippen LogP) is 0.588. The van der Waals surface area contributed by atoms with Crippen LogP contribution in [0.3, 0.4) is 0 Å². The summed E-state index contributed by atoms with van der Waals surface area (Å²) in [5.74, 6) is 0.212. The molecule has 0 bridgehead atoms. The van der Waals surface area contributed by atoms with E-state index in [1.807, 2.05) is 0 Å². The maximum absolute atomic E-state index is 11.4. The van der Waals surface area contributed by atoms with Crippen LogP contribution in [0.4, 0.5) is 0 Å². The fourth-order valence-corrected chi connectivity index (χ4v) is 1.91. The molecule has 0 radical (unpaired) electrons. The van der Waals surface area contributed by atoms with Crippen molar-refractivity contribution in [3.63, 3.8) is 0 Å². The number of piperazine rings is 1. The van der Waals surface area contributed by atoms with Gasteiger partial charge < -0.3 is 10.6 Å². The summed E-state index contributed by atoms with van der Waals surface area (Å²) in [7, 11) is 0. The van der Waals surface area contributed by atoms with Crippen LogP contribution in [0.15, 0.2) is 0 Å². The highest BCUT2D eigenvalue weighted by Gasteiger charge is 2.08. The number of amides is 1. The molecule has 0 spiro atoms. The van der Waals surface area contributed by atoms with Crippen LogP contribution in [0, 0.1) is 0 Å². The molecule has 94 valence electrons. The Balaban J connectivity index is 1.94. The van der Waals surface area contributed by atoms with Crippen LogP contribution < -0.4 is 10.6 Å². The zero-order valence-corrected chi connectivity index (χ0v) is 10.4. The van der Waals surface area contributed by atoms with Crippen LogP contribution >= 0.6 is 0 Å². The second kappa shape index (κ2) is 8.53. The van der Waals surface area contributed by atoms with Gasteiger partial charge in [-0.1, -0.05) is 19.8 Å². The van der Waals surface area contributed by atoms with Crippen molar-refractivity contribution in [1.29, 1.82) is 0 Å². The van der Waals surface area contributed by atoms with Crippen LogP contribution in [0.5, 0.6) is 0 Å². The van der Waals surface area contributed by atoms with Gasteiger partial charge in [0.1, 0.15) is 0 Å². The third kappa shape index (κ3) is 6.08. The Bertz CT molecular complexity index is 191. The smallest absolute Gasteiger partial charge is 0.220 e. The Kier molecular flexibility index (Phi) is 7.17. The molecule has 2 N–H and O–H groups in total. The topological polar surface area (TPSA) is 44.4 Å². The van der Waals surface area contributed by atoms with Gasteiger partial charge in [0, 0.05) is 45.7 Å². The zero-order chi connectivity index (χ0) is 11.6. The van der Waals surface area contributed by atoms with Gasteiger partial charge in [-0.25, -0.2) is 0 Å². The highest BCUT2D eigenvalue weighted by molar-refractivity contribution is 5.75. The molecule has 1 rings (SSSR count). The van der Waals surface area contributed by atoms with Crippen molar-refractivity contribution in [2.45, 2.75) is 32.6 Å². The summed E-state index contributed by atoms with van der Waals surface area (Å²) in [5.41, 5.74) is 0. The summed E-state index contributed by atoms with van der Waals surface area (Å²) in [5, 5.41) is 6.31. The summed E-state index contributed by atoms with van der Waals surface area (Å²) >= 11 is 0. The number of carbonyl (C=O) groups excluding carboxylic acids is 1. The Morgan fingerprint density at radius 2 is 2.06 bits per heavy atom. The van der Waals surface area contributed by atoms with Crippen LogP contribution in [0.25, 0.3) is 0 Å². The molecule has 1 aliphatic rings. The van der Waals surface area contributed by atoms with Crippen molar-refractivity contribution >= 4 is 5.91 Å². The SMILES string of the molecule is CCCCCC(=O)NCCN1CCNCC1. The van der Waals surface area contributed by atoms with Crippen molar-refractivity contribution in [2.24, 2.45) is 0 Å². The summed E-state index contributed by atoms with van der Waals surface area (Å²) in [4.78, 5) is 13.8. The number of carbonyl (C=O) groups is 1. The lowest BCUT2D eigenvalue weighted by molar-refractivity contribution is -0.121. The fourth-order valence-electron chi connectivity index (χ4n) is 1.91. The van der Waals surface area contributed by atoms with Crippen LogP contribution in [-0.4, -0.2) is 50.1 Å². The largest absolute Gasteiger partial charge is 0.355 e. The molecular formula is C12H25N3O. The molecule has 0 unspecified atom stereocenters. The maximum atomic E-state index is 11.4. The number of unbranched alkanes of at least 4 members (excludes halogenated alkanes) is 2. The average molecular weight is 227 g/mol. The first kappa shape index (κ1) is 13.5. The lowest BCUT2D eigenvalue weighted by Gasteiger charge is -2.27. The van der Waals surface area contributed by atoms with Crippen molar-refractivity contribution in [2.75, 3.05) is 39.3 Å².